The number of carbonyl (C=O) groups is 2. The standard InChI is InChI=1S/C10H17NO3S/c1-15-6-9(12)11-8-5-3-2-4-7(8)10(13)14/h7-8H,2-6H2,1H3,(H,11,12)(H,13,14). The summed E-state index contributed by atoms with van der Waals surface area (Å²) in [6.07, 6.45) is 5.28. The number of amides is 1. The van der Waals surface area contributed by atoms with Crippen LogP contribution in [0.2, 0.25) is 0 Å². The first-order chi connectivity index (χ1) is 7.15. The van der Waals surface area contributed by atoms with E-state index in [1.165, 1.54) is 11.8 Å². The lowest BCUT2D eigenvalue weighted by atomic mass is 9.84. The molecule has 0 radical (unpaired) electrons. The molecule has 1 saturated carbocycles. The second-order valence-corrected chi connectivity index (χ2v) is 4.70. The third-order valence-electron chi connectivity index (χ3n) is 2.70. The molecule has 0 aromatic heterocycles. The number of carbonyl (C=O) groups excluding carboxylic acids is 1. The molecule has 1 aliphatic carbocycles. The summed E-state index contributed by atoms with van der Waals surface area (Å²) in [5, 5.41) is 11.8. The number of hydrogen-bond acceptors (Lipinski definition) is 3. The molecule has 0 bridgehead atoms. The first-order valence-electron chi connectivity index (χ1n) is 5.16. The van der Waals surface area contributed by atoms with Crippen LogP contribution < -0.4 is 5.32 Å². The first-order valence-corrected chi connectivity index (χ1v) is 6.55. The molecule has 0 heterocycles. The van der Waals surface area contributed by atoms with Crippen molar-refractivity contribution in [3.63, 3.8) is 0 Å². The van der Waals surface area contributed by atoms with Crippen LogP contribution in [0.4, 0.5) is 0 Å². The largest absolute Gasteiger partial charge is 0.481 e. The number of carboxylic acid groups (broad SMARTS) is 1. The first kappa shape index (κ1) is 12.4. The number of carboxylic acids is 1. The molecule has 2 N–H and O–H groups in total. The van der Waals surface area contributed by atoms with Crippen molar-refractivity contribution < 1.29 is 14.7 Å². The lowest BCUT2D eigenvalue weighted by Crippen LogP contribution is -2.45. The highest BCUT2D eigenvalue weighted by Crippen LogP contribution is 2.24. The van der Waals surface area contributed by atoms with Crippen molar-refractivity contribution in [2.24, 2.45) is 5.92 Å². The van der Waals surface area contributed by atoms with E-state index >= 15 is 0 Å². The van der Waals surface area contributed by atoms with Gasteiger partial charge in [-0.1, -0.05) is 12.8 Å². The molecular formula is C10H17NO3S. The average molecular weight is 231 g/mol. The molecule has 0 spiro atoms. The van der Waals surface area contributed by atoms with Crippen LogP contribution in [0.5, 0.6) is 0 Å². The third-order valence-corrected chi connectivity index (χ3v) is 3.26. The van der Waals surface area contributed by atoms with Gasteiger partial charge in [-0.05, 0) is 19.1 Å². The summed E-state index contributed by atoms with van der Waals surface area (Å²) in [5.41, 5.74) is 0. The predicted octanol–water partition coefficient (Wildman–Crippen LogP) is 1.11. The van der Waals surface area contributed by atoms with E-state index in [0.29, 0.717) is 12.2 Å². The zero-order valence-electron chi connectivity index (χ0n) is 8.86. The summed E-state index contributed by atoms with van der Waals surface area (Å²) in [6, 6.07) is -0.170. The Hall–Kier alpha value is -0.710. The minimum Gasteiger partial charge on any atom is -0.481 e. The van der Waals surface area contributed by atoms with E-state index < -0.39 is 11.9 Å². The van der Waals surface area contributed by atoms with Gasteiger partial charge in [0.1, 0.15) is 0 Å². The van der Waals surface area contributed by atoms with Gasteiger partial charge in [-0.2, -0.15) is 11.8 Å². The topological polar surface area (TPSA) is 66.4 Å². The van der Waals surface area contributed by atoms with Gasteiger partial charge in [0.25, 0.3) is 0 Å². The molecule has 0 saturated heterocycles. The van der Waals surface area contributed by atoms with Crippen LogP contribution in [0, 0.1) is 5.92 Å². The van der Waals surface area contributed by atoms with Crippen molar-refractivity contribution in [1.29, 1.82) is 0 Å². The van der Waals surface area contributed by atoms with Crippen LogP contribution in [-0.2, 0) is 9.59 Å². The number of aliphatic carboxylic acids is 1. The summed E-state index contributed by atoms with van der Waals surface area (Å²) in [4.78, 5) is 22.3. The van der Waals surface area contributed by atoms with Crippen LogP contribution in [0.15, 0.2) is 0 Å². The summed E-state index contributed by atoms with van der Waals surface area (Å²) in [6.45, 7) is 0. The molecule has 0 aromatic carbocycles. The minimum atomic E-state index is -0.788. The van der Waals surface area contributed by atoms with Crippen LogP contribution in [0.1, 0.15) is 25.7 Å². The fraction of sp³-hybridized carbons (Fsp3) is 0.800. The predicted molar refractivity (Wildman–Crippen MR) is 59.9 cm³/mol. The van der Waals surface area contributed by atoms with E-state index in [4.69, 9.17) is 5.11 Å². The Morgan fingerprint density at radius 2 is 2.07 bits per heavy atom. The highest BCUT2D eigenvalue weighted by Gasteiger charge is 2.31. The quantitative estimate of drug-likeness (QED) is 0.760. The molecule has 86 valence electrons. The zero-order chi connectivity index (χ0) is 11.3. The molecule has 1 amide bonds. The molecule has 2 atom stereocenters. The van der Waals surface area contributed by atoms with Crippen molar-refractivity contribution in [2.75, 3.05) is 12.0 Å². The van der Waals surface area contributed by atoms with E-state index in [0.717, 1.165) is 19.3 Å². The van der Waals surface area contributed by atoms with E-state index in [2.05, 4.69) is 5.32 Å². The molecule has 4 nitrogen and oxygen atoms in total. The maximum absolute atomic E-state index is 11.4. The zero-order valence-corrected chi connectivity index (χ0v) is 9.68. The number of thioether (sulfide) groups is 1. The van der Waals surface area contributed by atoms with E-state index in [1.54, 1.807) is 0 Å². The summed E-state index contributed by atoms with van der Waals surface area (Å²) >= 11 is 1.45. The fourth-order valence-electron chi connectivity index (χ4n) is 1.98. The molecule has 1 aliphatic rings. The Labute approximate surface area is 93.8 Å². The van der Waals surface area contributed by atoms with Crippen LogP contribution in [-0.4, -0.2) is 35.0 Å². The third kappa shape index (κ3) is 3.74. The van der Waals surface area contributed by atoms with E-state index in [1.807, 2.05) is 6.26 Å². The molecule has 5 heteroatoms. The maximum Gasteiger partial charge on any atom is 0.308 e. The Balaban J connectivity index is 2.49. The van der Waals surface area contributed by atoms with Gasteiger partial charge in [0.15, 0.2) is 0 Å². The van der Waals surface area contributed by atoms with Gasteiger partial charge in [0.05, 0.1) is 11.7 Å². The summed E-state index contributed by atoms with van der Waals surface area (Å²) in [5.74, 6) is -0.836. The van der Waals surface area contributed by atoms with E-state index in [-0.39, 0.29) is 11.9 Å². The number of nitrogens with one attached hydrogen (secondary N) is 1. The van der Waals surface area contributed by atoms with Crippen molar-refractivity contribution in [3.05, 3.63) is 0 Å². The molecule has 0 aromatic rings. The molecule has 2 unspecified atom stereocenters. The SMILES string of the molecule is CSCC(=O)NC1CCCCC1C(=O)O. The van der Waals surface area contributed by atoms with Crippen molar-refractivity contribution >= 4 is 23.6 Å². The van der Waals surface area contributed by atoms with Gasteiger partial charge >= 0.3 is 5.97 Å². The highest BCUT2D eigenvalue weighted by molar-refractivity contribution is 7.99. The van der Waals surface area contributed by atoms with Gasteiger partial charge in [-0.15, -0.1) is 0 Å². The smallest absolute Gasteiger partial charge is 0.308 e. The average Bonchev–Trinajstić information content (AvgIpc) is 2.18. The molecule has 1 fully saturated rings. The molecule has 0 aliphatic heterocycles. The Morgan fingerprint density at radius 3 is 2.67 bits per heavy atom. The van der Waals surface area contributed by atoms with Crippen LogP contribution in [0.3, 0.4) is 0 Å². The van der Waals surface area contributed by atoms with Gasteiger partial charge in [0.2, 0.25) is 5.91 Å². The Morgan fingerprint density at radius 1 is 1.40 bits per heavy atom. The molecule has 15 heavy (non-hydrogen) atoms. The summed E-state index contributed by atoms with van der Waals surface area (Å²) in [7, 11) is 0. The highest BCUT2D eigenvalue weighted by atomic mass is 32.2. The van der Waals surface area contributed by atoms with E-state index in [9.17, 15) is 9.59 Å². The maximum atomic E-state index is 11.4. The molecular weight excluding hydrogens is 214 g/mol. The van der Waals surface area contributed by atoms with Gasteiger partial charge in [-0.25, -0.2) is 0 Å². The number of rotatable bonds is 4. The van der Waals surface area contributed by atoms with Crippen LogP contribution in [0.25, 0.3) is 0 Å². The lowest BCUT2D eigenvalue weighted by molar-refractivity contribution is -0.144. The Kier molecular flexibility index (Phi) is 4.94. The Bertz CT molecular complexity index is 245. The van der Waals surface area contributed by atoms with Gasteiger partial charge in [0, 0.05) is 6.04 Å². The summed E-state index contributed by atoms with van der Waals surface area (Å²) < 4.78 is 0. The van der Waals surface area contributed by atoms with Gasteiger partial charge in [-0.3, -0.25) is 9.59 Å². The fourth-order valence-corrected chi connectivity index (χ4v) is 2.32. The lowest BCUT2D eigenvalue weighted by Gasteiger charge is -2.29. The monoisotopic (exact) mass is 231 g/mol. The number of hydrogen-bond donors (Lipinski definition) is 2. The van der Waals surface area contributed by atoms with Crippen molar-refractivity contribution in [1.82, 2.24) is 5.32 Å². The van der Waals surface area contributed by atoms with Gasteiger partial charge < -0.3 is 10.4 Å². The second kappa shape index (κ2) is 6.00. The van der Waals surface area contributed by atoms with Crippen molar-refractivity contribution in [3.8, 4) is 0 Å². The van der Waals surface area contributed by atoms with Crippen molar-refractivity contribution in [2.45, 2.75) is 31.7 Å². The normalized spacial score (nSPS) is 25.9. The molecule has 1 rings (SSSR count). The van der Waals surface area contributed by atoms with Crippen LogP contribution >= 0.6 is 11.8 Å². The minimum absolute atomic E-state index is 0.0550. The second-order valence-electron chi connectivity index (χ2n) is 3.84.